The summed E-state index contributed by atoms with van der Waals surface area (Å²) in [5.74, 6) is -0.244. The van der Waals surface area contributed by atoms with Crippen LogP contribution in [0.1, 0.15) is 30.0 Å². The largest absolute Gasteiger partial charge is 0.372 e. The minimum absolute atomic E-state index is 0.0694. The van der Waals surface area contributed by atoms with Crippen LogP contribution in [-0.4, -0.2) is 40.8 Å². The third-order valence-corrected chi connectivity index (χ3v) is 4.25. The van der Waals surface area contributed by atoms with Gasteiger partial charge in [-0.25, -0.2) is 9.37 Å². The van der Waals surface area contributed by atoms with E-state index in [-0.39, 0.29) is 30.5 Å². The number of anilines is 1. The number of rotatable bonds is 4. The first-order chi connectivity index (χ1) is 11.9. The van der Waals surface area contributed by atoms with Gasteiger partial charge in [0.2, 0.25) is 0 Å². The van der Waals surface area contributed by atoms with Crippen LogP contribution in [0.25, 0.3) is 0 Å². The fraction of sp³-hybridized carbons (Fsp3) is 0.444. The van der Waals surface area contributed by atoms with Crippen LogP contribution >= 0.6 is 0 Å². The number of nitrogens with zero attached hydrogens (tertiary/aromatic N) is 3. The second-order valence-electron chi connectivity index (χ2n) is 6.49. The number of imidazole rings is 1. The Bertz CT molecular complexity index is 751. The van der Waals surface area contributed by atoms with Crippen LogP contribution in [-0.2, 0) is 18.3 Å². The van der Waals surface area contributed by atoms with E-state index in [4.69, 9.17) is 4.74 Å². The van der Waals surface area contributed by atoms with Crippen molar-refractivity contribution in [2.24, 2.45) is 7.05 Å². The maximum atomic E-state index is 14.5. The SMILES string of the molecule is C[C@H]1CN(c2ccc(CNC(=O)c3nccn3C)cc2F)C[C@H](C)O1. The van der Waals surface area contributed by atoms with Crippen LogP contribution in [0, 0.1) is 5.82 Å². The molecule has 0 unspecified atom stereocenters. The van der Waals surface area contributed by atoms with Crippen molar-refractivity contribution >= 4 is 11.6 Å². The highest BCUT2D eigenvalue weighted by Crippen LogP contribution is 2.24. The van der Waals surface area contributed by atoms with Gasteiger partial charge in [0.1, 0.15) is 5.82 Å². The van der Waals surface area contributed by atoms with Gasteiger partial charge in [0, 0.05) is 39.1 Å². The molecule has 1 fully saturated rings. The highest BCUT2D eigenvalue weighted by molar-refractivity contribution is 5.90. The van der Waals surface area contributed by atoms with E-state index in [1.165, 1.54) is 6.07 Å². The molecule has 1 aromatic heterocycles. The molecule has 2 atom stereocenters. The fourth-order valence-electron chi connectivity index (χ4n) is 3.14. The molecule has 25 heavy (non-hydrogen) atoms. The van der Waals surface area contributed by atoms with E-state index in [2.05, 4.69) is 10.3 Å². The molecule has 1 aliphatic heterocycles. The number of ether oxygens (including phenoxy) is 1. The van der Waals surface area contributed by atoms with E-state index in [0.29, 0.717) is 30.2 Å². The molecule has 0 spiro atoms. The van der Waals surface area contributed by atoms with Crippen molar-refractivity contribution in [1.29, 1.82) is 0 Å². The Morgan fingerprint density at radius 1 is 1.36 bits per heavy atom. The summed E-state index contributed by atoms with van der Waals surface area (Å²) in [6, 6.07) is 5.07. The van der Waals surface area contributed by atoms with E-state index >= 15 is 0 Å². The molecule has 0 aliphatic carbocycles. The van der Waals surface area contributed by atoms with Crippen molar-refractivity contribution in [3.8, 4) is 0 Å². The molecule has 134 valence electrons. The smallest absolute Gasteiger partial charge is 0.287 e. The minimum atomic E-state index is -0.287. The van der Waals surface area contributed by atoms with Crippen LogP contribution in [0.4, 0.5) is 10.1 Å². The number of halogens is 1. The summed E-state index contributed by atoms with van der Waals surface area (Å²) in [6.07, 6.45) is 3.40. The van der Waals surface area contributed by atoms with Crippen LogP contribution in [0.15, 0.2) is 30.6 Å². The van der Waals surface area contributed by atoms with Gasteiger partial charge in [-0.1, -0.05) is 6.07 Å². The summed E-state index contributed by atoms with van der Waals surface area (Å²) in [7, 11) is 1.75. The van der Waals surface area contributed by atoms with E-state index in [0.717, 1.165) is 0 Å². The molecule has 6 nitrogen and oxygen atoms in total. The lowest BCUT2D eigenvalue weighted by molar-refractivity contribution is -0.00539. The Balaban J connectivity index is 1.66. The molecule has 1 amide bonds. The van der Waals surface area contributed by atoms with Gasteiger partial charge in [0.15, 0.2) is 5.82 Å². The predicted octanol–water partition coefficient (Wildman–Crippen LogP) is 2.10. The summed E-state index contributed by atoms with van der Waals surface area (Å²) in [5.41, 5.74) is 1.28. The average Bonchev–Trinajstić information content (AvgIpc) is 2.98. The Morgan fingerprint density at radius 2 is 2.08 bits per heavy atom. The lowest BCUT2D eigenvalue weighted by Gasteiger charge is -2.37. The van der Waals surface area contributed by atoms with Gasteiger partial charge in [-0.15, -0.1) is 0 Å². The normalized spacial score (nSPS) is 20.6. The van der Waals surface area contributed by atoms with Gasteiger partial charge in [-0.2, -0.15) is 0 Å². The Labute approximate surface area is 146 Å². The number of hydrogen-bond donors (Lipinski definition) is 1. The van der Waals surface area contributed by atoms with Crippen molar-refractivity contribution in [2.75, 3.05) is 18.0 Å². The molecule has 2 heterocycles. The first-order valence-corrected chi connectivity index (χ1v) is 8.38. The first kappa shape index (κ1) is 17.4. The zero-order valence-electron chi connectivity index (χ0n) is 14.7. The lowest BCUT2D eigenvalue weighted by Crippen LogP contribution is -2.45. The summed E-state index contributed by atoms with van der Waals surface area (Å²) in [4.78, 5) is 18.1. The quantitative estimate of drug-likeness (QED) is 0.921. The van der Waals surface area contributed by atoms with Gasteiger partial charge >= 0.3 is 0 Å². The summed E-state index contributed by atoms with van der Waals surface area (Å²) < 4.78 is 21.9. The Morgan fingerprint density at radius 3 is 2.68 bits per heavy atom. The average molecular weight is 346 g/mol. The van der Waals surface area contributed by atoms with Crippen LogP contribution in [0.2, 0.25) is 0 Å². The molecular weight excluding hydrogens is 323 g/mol. The molecular formula is C18H23FN4O2. The van der Waals surface area contributed by atoms with Gasteiger partial charge in [-0.3, -0.25) is 4.79 Å². The molecule has 1 N–H and O–H groups in total. The highest BCUT2D eigenvalue weighted by Gasteiger charge is 2.24. The van der Waals surface area contributed by atoms with Gasteiger partial charge in [0.25, 0.3) is 5.91 Å². The number of aromatic nitrogens is 2. The number of amides is 1. The molecule has 0 saturated carbocycles. The number of morpholine rings is 1. The van der Waals surface area contributed by atoms with Crippen LogP contribution in [0.3, 0.4) is 0 Å². The maximum absolute atomic E-state index is 14.5. The minimum Gasteiger partial charge on any atom is -0.372 e. The third kappa shape index (κ3) is 3.99. The van der Waals surface area contributed by atoms with Crippen molar-refractivity contribution in [2.45, 2.75) is 32.6 Å². The van der Waals surface area contributed by atoms with E-state index in [9.17, 15) is 9.18 Å². The van der Waals surface area contributed by atoms with E-state index in [1.54, 1.807) is 30.1 Å². The van der Waals surface area contributed by atoms with Gasteiger partial charge < -0.3 is 19.5 Å². The standard InChI is InChI=1S/C18H23FN4O2/c1-12-10-23(11-13(2)25-12)16-5-4-14(8-15(16)19)9-21-18(24)17-20-6-7-22(17)3/h4-8,12-13H,9-11H2,1-3H3,(H,21,24)/t12-,13-/m0/s1. The summed E-state index contributed by atoms with van der Waals surface area (Å²) >= 11 is 0. The maximum Gasteiger partial charge on any atom is 0.287 e. The van der Waals surface area contributed by atoms with Crippen molar-refractivity contribution in [1.82, 2.24) is 14.9 Å². The van der Waals surface area contributed by atoms with E-state index < -0.39 is 0 Å². The number of carbonyl (C=O) groups excluding carboxylic acids is 1. The van der Waals surface area contributed by atoms with Crippen LogP contribution < -0.4 is 10.2 Å². The summed E-state index contributed by atoms with van der Waals surface area (Å²) in [6.45, 7) is 5.55. The molecule has 7 heteroatoms. The van der Waals surface area contributed by atoms with E-state index in [1.807, 2.05) is 24.8 Å². The molecule has 1 aliphatic rings. The number of hydrogen-bond acceptors (Lipinski definition) is 4. The second kappa shape index (κ2) is 7.23. The molecule has 0 radical (unpaired) electrons. The molecule has 1 saturated heterocycles. The molecule has 2 aromatic rings. The van der Waals surface area contributed by atoms with Crippen molar-refractivity contribution in [3.63, 3.8) is 0 Å². The molecule has 1 aromatic carbocycles. The zero-order chi connectivity index (χ0) is 18.0. The number of carbonyl (C=O) groups is 1. The van der Waals surface area contributed by atoms with Crippen molar-refractivity contribution in [3.05, 3.63) is 47.8 Å². The number of benzene rings is 1. The Kier molecular flexibility index (Phi) is 5.03. The second-order valence-corrected chi connectivity index (χ2v) is 6.49. The van der Waals surface area contributed by atoms with Crippen molar-refractivity contribution < 1.29 is 13.9 Å². The monoisotopic (exact) mass is 346 g/mol. The molecule has 0 bridgehead atoms. The topological polar surface area (TPSA) is 59.4 Å². The highest BCUT2D eigenvalue weighted by atomic mass is 19.1. The number of aryl methyl sites for hydroxylation is 1. The zero-order valence-corrected chi connectivity index (χ0v) is 14.7. The summed E-state index contributed by atoms with van der Waals surface area (Å²) in [5, 5.41) is 2.76. The lowest BCUT2D eigenvalue weighted by atomic mass is 10.1. The van der Waals surface area contributed by atoms with Gasteiger partial charge in [-0.05, 0) is 31.5 Å². The first-order valence-electron chi connectivity index (χ1n) is 8.38. The van der Waals surface area contributed by atoms with Crippen LogP contribution in [0.5, 0.6) is 0 Å². The van der Waals surface area contributed by atoms with Gasteiger partial charge in [0.05, 0.1) is 17.9 Å². The predicted molar refractivity (Wildman–Crippen MR) is 93.0 cm³/mol. The fourth-order valence-corrected chi connectivity index (χ4v) is 3.14. The molecule has 3 rings (SSSR count). The number of nitrogens with one attached hydrogen (secondary N) is 1. The third-order valence-electron chi connectivity index (χ3n) is 4.25. The Hall–Kier alpha value is -2.41.